The van der Waals surface area contributed by atoms with Crippen molar-refractivity contribution in [2.75, 3.05) is 0 Å². The van der Waals surface area contributed by atoms with E-state index in [0.29, 0.717) is 0 Å². The molecule has 2 aromatic heterocycles. The Morgan fingerprint density at radius 3 is 2.04 bits per heavy atom. The van der Waals surface area contributed by atoms with E-state index in [9.17, 15) is 18.0 Å². The Morgan fingerprint density at radius 2 is 1.50 bits per heavy atom. The fraction of sp³-hybridized carbons (Fsp3) is 0.353. The van der Waals surface area contributed by atoms with Gasteiger partial charge in [0.2, 0.25) is 0 Å². The molecule has 9 heteroatoms. The molecule has 0 radical (unpaired) electrons. The molecular formula is C17H20N4O4S. The summed E-state index contributed by atoms with van der Waals surface area (Å²) in [5, 5.41) is 4.17. The van der Waals surface area contributed by atoms with Gasteiger partial charge in [-0.1, -0.05) is 18.2 Å². The molecule has 0 aliphatic carbocycles. The van der Waals surface area contributed by atoms with Crippen molar-refractivity contribution in [3.05, 3.63) is 57.4 Å². The summed E-state index contributed by atoms with van der Waals surface area (Å²) in [5.74, 6) is 0. The monoisotopic (exact) mass is 376 g/mol. The van der Waals surface area contributed by atoms with E-state index in [1.165, 1.54) is 22.9 Å². The molecule has 3 rings (SSSR count). The molecule has 0 saturated heterocycles. The van der Waals surface area contributed by atoms with Gasteiger partial charge >= 0.3 is 5.69 Å². The van der Waals surface area contributed by atoms with Gasteiger partial charge in [-0.15, -0.1) is 5.10 Å². The van der Waals surface area contributed by atoms with Gasteiger partial charge in [-0.05, 0) is 39.8 Å². The highest BCUT2D eigenvalue weighted by atomic mass is 32.2. The van der Waals surface area contributed by atoms with Gasteiger partial charge in [0.25, 0.3) is 15.6 Å². The zero-order valence-electron chi connectivity index (χ0n) is 14.9. The molecule has 0 unspecified atom stereocenters. The summed E-state index contributed by atoms with van der Waals surface area (Å²) in [7, 11) is -3.96. The van der Waals surface area contributed by atoms with Crippen LogP contribution in [0.3, 0.4) is 0 Å². The minimum atomic E-state index is -3.96. The number of nitrogens with zero attached hydrogens (tertiary/aromatic N) is 4. The zero-order chi connectivity index (χ0) is 19.2. The van der Waals surface area contributed by atoms with Crippen molar-refractivity contribution in [3.63, 3.8) is 0 Å². The molecule has 0 aliphatic heterocycles. The van der Waals surface area contributed by atoms with E-state index in [4.69, 9.17) is 0 Å². The third-order valence-corrected chi connectivity index (χ3v) is 5.63. The molecule has 0 atom stereocenters. The third kappa shape index (κ3) is 2.68. The molecule has 26 heavy (non-hydrogen) atoms. The average molecular weight is 376 g/mol. The second-order valence-corrected chi connectivity index (χ2v) is 8.37. The van der Waals surface area contributed by atoms with Gasteiger partial charge in [-0.3, -0.25) is 13.9 Å². The van der Waals surface area contributed by atoms with Crippen molar-refractivity contribution in [2.24, 2.45) is 0 Å². The molecule has 138 valence electrons. The van der Waals surface area contributed by atoms with Gasteiger partial charge in [0.1, 0.15) is 5.39 Å². The highest BCUT2D eigenvalue weighted by molar-refractivity contribution is 7.89. The van der Waals surface area contributed by atoms with Gasteiger partial charge in [0, 0.05) is 12.1 Å². The Kier molecular flexibility index (Phi) is 4.35. The highest BCUT2D eigenvalue weighted by Crippen LogP contribution is 2.17. The van der Waals surface area contributed by atoms with Gasteiger partial charge < -0.3 is 0 Å². The van der Waals surface area contributed by atoms with E-state index in [1.54, 1.807) is 45.9 Å². The standard InChI is InChI=1S/C17H20N4O4S/c1-11(2)20-15-14(16(22)21(12(3)4)17(20)23)10-19(18-15)26(24,25)13-8-6-5-7-9-13/h5-12H,1-4H3. The molecule has 0 amide bonds. The number of hydrogen-bond donors (Lipinski definition) is 0. The summed E-state index contributed by atoms with van der Waals surface area (Å²) in [6, 6.07) is 7.15. The first-order valence-corrected chi connectivity index (χ1v) is 9.67. The van der Waals surface area contributed by atoms with E-state index < -0.39 is 21.3 Å². The number of hydrogen-bond acceptors (Lipinski definition) is 5. The van der Waals surface area contributed by atoms with Crippen molar-refractivity contribution < 1.29 is 8.42 Å². The Bertz CT molecular complexity index is 1190. The third-order valence-electron chi connectivity index (χ3n) is 4.08. The van der Waals surface area contributed by atoms with Crippen LogP contribution in [0.1, 0.15) is 39.8 Å². The van der Waals surface area contributed by atoms with Crippen LogP contribution in [0.2, 0.25) is 0 Å². The van der Waals surface area contributed by atoms with E-state index in [0.717, 1.165) is 8.65 Å². The van der Waals surface area contributed by atoms with E-state index >= 15 is 0 Å². The van der Waals surface area contributed by atoms with Crippen LogP contribution in [0, 0.1) is 0 Å². The average Bonchev–Trinajstić information content (AvgIpc) is 3.01. The Morgan fingerprint density at radius 1 is 0.923 bits per heavy atom. The maximum atomic E-state index is 12.8. The van der Waals surface area contributed by atoms with Crippen LogP contribution in [0.25, 0.3) is 11.0 Å². The number of aromatic nitrogens is 4. The van der Waals surface area contributed by atoms with Crippen molar-refractivity contribution in [1.29, 1.82) is 0 Å². The smallest absolute Gasteiger partial charge is 0.273 e. The van der Waals surface area contributed by atoms with Crippen LogP contribution in [0.15, 0.2) is 51.0 Å². The Hall–Kier alpha value is -2.68. The van der Waals surface area contributed by atoms with Crippen LogP contribution < -0.4 is 11.2 Å². The molecular weight excluding hydrogens is 356 g/mol. The van der Waals surface area contributed by atoms with Gasteiger partial charge in [-0.25, -0.2) is 4.79 Å². The first kappa shape index (κ1) is 18.1. The summed E-state index contributed by atoms with van der Waals surface area (Å²) in [6.07, 6.45) is 1.18. The SMILES string of the molecule is CC(C)n1c(=O)c2cn(S(=O)(=O)c3ccccc3)nc2n(C(C)C)c1=O. The first-order valence-electron chi connectivity index (χ1n) is 8.23. The molecule has 2 heterocycles. The fourth-order valence-electron chi connectivity index (χ4n) is 2.84. The number of benzene rings is 1. The van der Waals surface area contributed by atoms with Crippen LogP contribution in [-0.2, 0) is 10.0 Å². The highest BCUT2D eigenvalue weighted by Gasteiger charge is 2.24. The van der Waals surface area contributed by atoms with Gasteiger partial charge in [0.05, 0.1) is 11.1 Å². The Labute approximate surface area is 150 Å². The lowest BCUT2D eigenvalue weighted by molar-refractivity contribution is 0.486. The minimum Gasteiger partial charge on any atom is -0.273 e. The zero-order valence-corrected chi connectivity index (χ0v) is 15.8. The molecule has 3 aromatic rings. The van der Waals surface area contributed by atoms with Gasteiger partial charge in [-0.2, -0.15) is 12.5 Å². The first-order chi connectivity index (χ1) is 12.2. The summed E-state index contributed by atoms with van der Waals surface area (Å²) in [4.78, 5) is 25.5. The van der Waals surface area contributed by atoms with Crippen molar-refractivity contribution in [3.8, 4) is 0 Å². The second-order valence-electron chi connectivity index (χ2n) is 6.57. The minimum absolute atomic E-state index is 0.0513. The largest absolute Gasteiger partial charge is 0.333 e. The lowest BCUT2D eigenvalue weighted by Gasteiger charge is -2.15. The second kappa shape index (κ2) is 6.24. The molecule has 0 N–H and O–H groups in total. The summed E-state index contributed by atoms with van der Waals surface area (Å²) in [6.45, 7) is 7.01. The Balaban J connectivity index is 2.41. The predicted octanol–water partition coefficient (Wildman–Crippen LogP) is 1.76. The van der Waals surface area contributed by atoms with Gasteiger partial charge in [0.15, 0.2) is 5.65 Å². The number of fused-ring (bicyclic) bond motifs is 1. The maximum Gasteiger partial charge on any atom is 0.333 e. The fourth-order valence-corrected chi connectivity index (χ4v) is 3.99. The lowest BCUT2D eigenvalue weighted by atomic mass is 10.3. The van der Waals surface area contributed by atoms with Crippen LogP contribution >= 0.6 is 0 Å². The van der Waals surface area contributed by atoms with E-state index in [-0.39, 0.29) is 28.0 Å². The quantitative estimate of drug-likeness (QED) is 0.691. The van der Waals surface area contributed by atoms with Crippen LogP contribution in [0.5, 0.6) is 0 Å². The molecule has 0 bridgehead atoms. The molecule has 0 saturated carbocycles. The van der Waals surface area contributed by atoms with E-state index in [1.807, 2.05) is 0 Å². The number of rotatable bonds is 4. The van der Waals surface area contributed by atoms with Crippen molar-refractivity contribution in [1.82, 2.24) is 18.3 Å². The van der Waals surface area contributed by atoms with Crippen molar-refractivity contribution in [2.45, 2.75) is 44.7 Å². The predicted molar refractivity (Wildman–Crippen MR) is 98.0 cm³/mol. The topological polar surface area (TPSA) is 96.0 Å². The summed E-state index contributed by atoms with van der Waals surface area (Å²) < 4.78 is 28.8. The summed E-state index contributed by atoms with van der Waals surface area (Å²) in [5.41, 5.74) is -0.993. The molecule has 0 fully saturated rings. The lowest BCUT2D eigenvalue weighted by Crippen LogP contribution is -2.41. The molecule has 0 aliphatic rings. The van der Waals surface area contributed by atoms with Crippen molar-refractivity contribution >= 4 is 21.1 Å². The van der Waals surface area contributed by atoms with E-state index in [2.05, 4.69) is 5.10 Å². The van der Waals surface area contributed by atoms with Crippen LogP contribution in [0.4, 0.5) is 0 Å². The molecule has 1 aromatic carbocycles. The molecule has 8 nitrogen and oxygen atoms in total. The van der Waals surface area contributed by atoms with Crippen LogP contribution in [-0.4, -0.2) is 26.7 Å². The molecule has 0 spiro atoms. The maximum absolute atomic E-state index is 12.8. The summed E-state index contributed by atoms with van der Waals surface area (Å²) >= 11 is 0. The normalized spacial score (nSPS) is 12.4.